The van der Waals surface area contributed by atoms with Crippen LogP contribution in [0.25, 0.3) is 0 Å². The van der Waals surface area contributed by atoms with Gasteiger partial charge in [-0.25, -0.2) is 9.36 Å². The van der Waals surface area contributed by atoms with Crippen molar-refractivity contribution in [1.82, 2.24) is 0 Å². The topological polar surface area (TPSA) is 368 Å². The Hall–Kier alpha value is -2.07. The monoisotopic (exact) mass is 1130 g/mol. The highest BCUT2D eigenvalue weighted by molar-refractivity contribution is 7.47. The van der Waals surface area contributed by atoms with E-state index in [4.69, 9.17) is 37.5 Å². The molecular weight excluding hydrogens is 1040 g/mol. The van der Waals surface area contributed by atoms with Gasteiger partial charge in [-0.15, -0.1) is 0 Å². The molecule has 0 aromatic rings. The number of hydrogen-bond donors (Lipinski definition) is 12. The summed E-state index contributed by atoms with van der Waals surface area (Å²) < 4.78 is 57.7. The maximum atomic E-state index is 14.0. The van der Waals surface area contributed by atoms with Crippen molar-refractivity contribution in [3.8, 4) is 0 Å². The Morgan fingerprint density at radius 1 is 0.519 bits per heavy atom. The van der Waals surface area contributed by atoms with Crippen LogP contribution < -0.4 is 0 Å². The summed E-state index contributed by atoms with van der Waals surface area (Å²) in [6.45, 7) is 0.871. The first-order valence-corrected chi connectivity index (χ1v) is 29.7. The molecule has 77 heavy (non-hydrogen) atoms. The largest absolute Gasteiger partial charge is 0.472 e. The van der Waals surface area contributed by atoms with Gasteiger partial charge in [0.15, 0.2) is 18.7 Å². The molecule has 0 spiro atoms. The van der Waals surface area contributed by atoms with Gasteiger partial charge in [0, 0.05) is 12.5 Å². The van der Waals surface area contributed by atoms with E-state index in [0.29, 0.717) is 6.42 Å². The summed E-state index contributed by atoms with van der Waals surface area (Å²) in [5.41, 5.74) is 0. The molecule has 16 unspecified atom stereocenters. The van der Waals surface area contributed by atoms with Gasteiger partial charge in [0.05, 0.1) is 19.8 Å². The fourth-order valence-electron chi connectivity index (χ4n) is 9.38. The summed E-state index contributed by atoms with van der Waals surface area (Å²) in [6, 6.07) is 0. The van der Waals surface area contributed by atoms with E-state index in [2.05, 4.69) is 13.8 Å². The third-order valence-electron chi connectivity index (χ3n) is 14.1. The van der Waals surface area contributed by atoms with Crippen LogP contribution in [0, 0.1) is 0 Å². The Kier molecular flexibility index (Phi) is 34.7. The molecular formula is C53H95O23P. The maximum Gasteiger partial charge on any atom is 0.472 e. The molecule has 450 valence electrons. The minimum atomic E-state index is -5.66. The zero-order valence-electron chi connectivity index (χ0n) is 45.2. The fraction of sp³-hybridized carbons (Fsp3) is 0.887. The normalized spacial score (nSPS) is 32.1. The van der Waals surface area contributed by atoms with Gasteiger partial charge >= 0.3 is 19.8 Å². The Morgan fingerprint density at radius 2 is 0.935 bits per heavy atom. The lowest BCUT2D eigenvalue weighted by atomic mass is 9.84. The third kappa shape index (κ3) is 24.9. The van der Waals surface area contributed by atoms with E-state index < -0.39 is 150 Å². The van der Waals surface area contributed by atoms with Gasteiger partial charge in [0.1, 0.15) is 92.1 Å². The average molecular weight is 1130 g/mol. The predicted octanol–water partition coefficient (Wildman–Crippen LogP) is 2.92. The Labute approximate surface area is 454 Å². The van der Waals surface area contributed by atoms with Crippen LogP contribution in [0.1, 0.15) is 168 Å². The molecule has 2 saturated heterocycles. The summed E-state index contributed by atoms with van der Waals surface area (Å²) >= 11 is 0. The Balaban J connectivity index is 1.76. The number of carbonyl (C=O) groups is 2. The maximum absolute atomic E-state index is 14.0. The number of carbonyl (C=O) groups excluding carboxylic acids is 2. The van der Waals surface area contributed by atoms with Crippen molar-refractivity contribution in [1.29, 1.82) is 0 Å². The molecule has 3 aliphatic rings. The van der Waals surface area contributed by atoms with Crippen LogP contribution in [0.3, 0.4) is 0 Å². The van der Waals surface area contributed by atoms with E-state index in [1.807, 2.05) is 6.08 Å². The highest BCUT2D eigenvalue weighted by Crippen LogP contribution is 2.49. The molecule has 24 heteroatoms. The number of rotatable bonds is 40. The van der Waals surface area contributed by atoms with Gasteiger partial charge < -0.3 is 89.5 Å². The van der Waals surface area contributed by atoms with Crippen molar-refractivity contribution in [2.75, 3.05) is 26.4 Å². The minimum Gasteiger partial charge on any atom is -0.462 e. The van der Waals surface area contributed by atoms with Crippen LogP contribution in [0.2, 0.25) is 0 Å². The number of unbranched alkanes of at least 4 members (excludes halogenated alkanes) is 21. The van der Waals surface area contributed by atoms with Gasteiger partial charge in [-0.2, -0.15) is 0 Å². The molecule has 2 aliphatic heterocycles. The molecule has 1 saturated carbocycles. The van der Waals surface area contributed by atoms with E-state index >= 15 is 0 Å². The molecule has 0 radical (unpaired) electrons. The molecule has 1 aliphatic carbocycles. The van der Waals surface area contributed by atoms with Gasteiger partial charge in [-0.1, -0.05) is 160 Å². The molecule has 3 rings (SSSR count). The van der Waals surface area contributed by atoms with Crippen LogP contribution in [-0.2, 0) is 51.6 Å². The van der Waals surface area contributed by atoms with E-state index in [9.17, 15) is 75.2 Å². The first-order chi connectivity index (χ1) is 36.9. The lowest BCUT2D eigenvalue weighted by Crippen LogP contribution is -2.69. The van der Waals surface area contributed by atoms with Crippen LogP contribution in [0.4, 0.5) is 0 Å². The molecule has 16 atom stereocenters. The van der Waals surface area contributed by atoms with Gasteiger partial charge in [0.25, 0.3) is 0 Å². The zero-order chi connectivity index (χ0) is 56.8. The van der Waals surface area contributed by atoms with Gasteiger partial charge in [-0.3, -0.25) is 13.8 Å². The average Bonchev–Trinajstić information content (AvgIpc) is 3.43. The standard InChI is InChI=1S/C53H95O23P/c1-3-5-7-9-11-13-15-16-17-18-20-22-24-26-28-30-39(57)71-35(33-69-38(56)29-27-25-23-21-19-14-12-10-8-6-4-2)34-70-77(67,68)76-51-49(74-52-47(65)42(60)40(58)36(31-54)72-52)45(63)44(62)46(64)50(51)75-53-48(66)43(61)41(59)37(32-55)73-53/h24,26,28,30,35-37,40-55,58-66H,3-23,25,27,29,31-34H2,1-2H3,(H,67,68)/b26-24+,30-28+. The van der Waals surface area contributed by atoms with Crippen LogP contribution in [-0.4, -0.2) is 204 Å². The third-order valence-corrected chi connectivity index (χ3v) is 15.1. The summed E-state index contributed by atoms with van der Waals surface area (Å²) in [7, 11) is -5.66. The van der Waals surface area contributed by atoms with Crippen molar-refractivity contribution in [2.24, 2.45) is 0 Å². The molecule has 0 aromatic carbocycles. The van der Waals surface area contributed by atoms with E-state index in [0.717, 1.165) is 63.9 Å². The van der Waals surface area contributed by atoms with Crippen molar-refractivity contribution in [2.45, 2.75) is 272 Å². The number of allylic oxidation sites excluding steroid dienone is 3. The lowest BCUT2D eigenvalue weighted by molar-refractivity contribution is -0.360. The van der Waals surface area contributed by atoms with E-state index in [1.54, 1.807) is 6.08 Å². The zero-order valence-corrected chi connectivity index (χ0v) is 46.1. The number of ether oxygens (including phenoxy) is 6. The van der Waals surface area contributed by atoms with Gasteiger partial charge in [0.2, 0.25) is 0 Å². The number of hydrogen-bond acceptors (Lipinski definition) is 22. The quantitative estimate of drug-likeness (QED) is 0.0138. The van der Waals surface area contributed by atoms with E-state index in [1.165, 1.54) is 89.5 Å². The van der Waals surface area contributed by atoms with Crippen molar-refractivity contribution >= 4 is 19.8 Å². The summed E-state index contributed by atoms with van der Waals surface area (Å²) in [4.78, 5) is 37.2. The number of phosphoric ester groups is 1. The molecule has 0 amide bonds. The fourth-order valence-corrected chi connectivity index (χ4v) is 10.3. The minimum absolute atomic E-state index is 0.0355. The summed E-state index contributed by atoms with van der Waals surface area (Å²) in [5, 5.41) is 116. The summed E-state index contributed by atoms with van der Waals surface area (Å²) in [5.74, 6) is -1.59. The van der Waals surface area contributed by atoms with Gasteiger partial charge in [-0.05, 0) is 19.3 Å². The Morgan fingerprint density at radius 3 is 1.38 bits per heavy atom. The van der Waals surface area contributed by atoms with Crippen molar-refractivity contribution < 1.29 is 113 Å². The highest BCUT2D eigenvalue weighted by atomic mass is 31.2. The highest BCUT2D eigenvalue weighted by Gasteiger charge is 2.58. The van der Waals surface area contributed by atoms with Crippen molar-refractivity contribution in [3.63, 3.8) is 0 Å². The predicted molar refractivity (Wildman–Crippen MR) is 277 cm³/mol. The Bertz CT molecular complexity index is 1640. The molecule has 23 nitrogen and oxygen atoms in total. The number of aliphatic hydroxyl groups is 11. The molecule has 0 bridgehead atoms. The summed E-state index contributed by atoms with van der Waals surface area (Å²) in [6.07, 6.45) is -3.18. The van der Waals surface area contributed by atoms with Crippen LogP contribution in [0.5, 0.6) is 0 Å². The first kappa shape index (κ1) is 69.2. The second-order valence-corrected chi connectivity index (χ2v) is 21.9. The first-order valence-electron chi connectivity index (χ1n) is 28.2. The smallest absolute Gasteiger partial charge is 0.462 e. The van der Waals surface area contributed by atoms with Crippen LogP contribution >= 0.6 is 7.82 Å². The number of aliphatic hydroxyl groups excluding tert-OH is 11. The van der Waals surface area contributed by atoms with E-state index in [-0.39, 0.29) is 6.42 Å². The molecule has 3 fully saturated rings. The molecule has 0 aromatic heterocycles. The second kappa shape index (κ2) is 38.6. The van der Waals surface area contributed by atoms with Crippen molar-refractivity contribution in [3.05, 3.63) is 24.3 Å². The lowest BCUT2D eigenvalue weighted by Gasteiger charge is -2.49. The SMILES string of the molecule is CCCCCCCCCCCCC/C=C/C=C/C(=O)OC(COC(=O)CCCCCCCCCCCCC)COP(=O)(O)OC1C(OC2OC(CO)C(O)C(O)C2O)C(O)C(O)C(O)C1OC1OC(CO)C(O)C(O)C1O. The molecule has 2 heterocycles. The second-order valence-electron chi connectivity index (χ2n) is 20.5. The molecule has 12 N–H and O–H groups in total. The number of esters is 2. The van der Waals surface area contributed by atoms with Crippen LogP contribution in [0.15, 0.2) is 24.3 Å². The number of phosphoric acid groups is 1.